The number of primary amides is 1. The first-order valence-corrected chi connectivity index (χ1v) is 16.9. The highest BCUT2D eigenvalue weighted by atomic mass is 16.2. The number of nitrogens with one attached hydrogen (secondary N) is 4. The standard InChI is InChI=1S/C25H42N10O10.C3H9N.2C2H6/c1-30(16-36)13-23(43)31(2)11-19(39)28-8-21(41)35(6)15-25(45)33(4)12-20(40)29-9-22(42)34(5)14-24(44)32(3)10-18(38)27-7-17(26)37;1-3-4-2;2*1-2/h16H,7-15H2,1-6H3,(H2,26,37)(H,27,38)(H,28,39)(H,29,40);4H,3H2,1-2H3;2*1-2H3. The molecule has 0 aliphatic heterocycles. The SMILES string of the molecule is CC.CC.CCNC.CN(C=O)CC(=O)N(C)CC(=O)NCC(=O)N(C)CC(=O)N(C)CC(=O)NCC(=O)N(C)CC(=O)N(C)CC(=O)NCC(N)=O. The molecule has 306 valence electrons. The van der Waals surface area contributed by atoms with Crippen LogP contribution in [-0.2, 0) is 47.9 Å². The fourth-order valence-corrected chi connectivity index (χ4v) is 3.08. The summed E-state index contributed by atoms with van der Waals surface area (Å²) in [5, 5.41) is 9.81. The number of carbonyl (C=O) groups is 10. The van der Waals surface area contributed by atoms with Crippen molar-refractivity contribution in [1.82, 2.24) is 50.7 Å². The van der Waals surface area contributed by atoms with E-state index in [-0.39, 0.29) is 26.2 Å². The lowest BCUT2D eigenvalue weighted by molar-refractivity contribution is -0.141. The lowest BCUT2D eigenvalue weighted by Gasteiger charge is -2.23. The van der Waals surface area contributed by atoms with Crippen molar-refractivity contribution < 1.29 is 47.9 Å². The van der Waals surface area contributed by atoms with Crippen LogP contribution in [0.1, 0.15) is 34.6 Å². The maximum Gasteiger partial charge on any atom is 0.242 e. The fraction of sp³-hybridized carbons (Fsp3) is 0.688. The van der Waals surface area contributed by atoms with Gasteiger partial charge in [0.05, 0.1) is 58.9 Å². The van der Waals surface area contributed by atoms with Gasteiger partial charge in [-0.2, -0.15) is 0 Å². The van der Waals surface area contributed by atoms with Crippen molar-refractivity contribution in [3.05, 3.63) is 0 Å². The predicted molar refractivity (Wildman–Crippen MR) is 197 cm³/mol. The Bertz CT molecular complexity index is 1180. The molecule has 0 aliphatic rings. The van der Waals surface area contributed by atoms with Crippen LogP contribution in [0.5, 0.6) is 0 Å². The molecule has 0 saturated heterocycles. The molecule has 0 rings (SSSR count). The first kappa shape index (κ1) is 54.4. The Morgan fingerprint density at radius 2 is 0.755 bits per heavy atom. The molecule has 0 aromatic heterocycles. The smallest absolute Gasteiger partial charge is 0.242 e. The van der Waals surface area contributed by atoms with Crippen LogP contribution in [0, 0.1) is 0 Å². The molecule has 10 amide bonds. The van der Waals surface area contributed by atoms with Gasteiger partial charge >= 0.3 is 0 Å². The number of likely N-dealkylation sites (N-methyl/N-ethyl adjacent to an activating group) is 6. The lowest BCUT2D eigenvalue weighted by atomic mass is 10.4. The van der Waals surface area contributed by atoms with Crippen molar-refractivity contribution in [2.24, 2.45) is 5.73 Å². The van der Waals surface area contributed by atoms with Crippen molar-refractivity contribution in [3.8, 4) is 0 Å². The second-order valence-electron chi connectivity index (χ2n) is 10.8. The van der Waals surface area contributed by atoms with E-state index < -0.39 is 85.9 Å². The first-order chi connectivity index (χ1) is 24.8. The second-order valence-corrected chi connectivity index (χ2v) is 10.8. The molecular formula is C32H63N11O10. The Morgan fingerprint density at radius 1 is 0.491 bits per heavy atom. The van der Waals surface area contributed by atoms with Crippen molar-refractivity contribution >= 4 is 59.6 Å². The highest BCUT2D eigenvalue weighted by molar-refractivity contribution is 5.93. The highest BCUT2D eigenvalue weighted by Gasteiger charge is 2.21. The van der Waals surface area contributed by atoms with Gasteiger partial charge in [0.25, 0.3) is 0 Å². The summed E-state index contributed by atoms with van der Waals surface area (Å²) in [4.78, 5) is 125. The summed E-state index contributed by atoms with van der Waals surface area (Å²) < 4.78 is 0. The zero-order valence-electron chi connectivity index (χ0n) is 33.5. The Labute approximate surface area is 313 Å². The Morgan fingerprint density at radius 3 is 1.02 bits per heavy atom. The van der Waals surface area contributed by atoms with E-state index in [1.165, 1.54) is 42.3 Å². The maximum atomic E-state index is 12.5. The second kappa shape index (κ2) is 32.6. The minimum absolute atomic E-state index is 0.222. The van der Waals surface area contributed by atoms with Crippen molar-refractivity contribution in [1.29, 1.82) is 0 Å². The zero-order chi connectivity index (χ0) is 42.3. The van der Waals surface area contributed by atoms with Crippen LogP contribution in [0.4, 0.5) is 0 Å². The summed E-state index contributed by atoms with van der Waals surface area (Å²) in [5.74, 6) is -5.65. The maximum absolute atomic E-state index is 12.5. The molecule has 0 aromatic rings. The normalized spacial score (nSPS) is 9.28. The van der Waals surface area contributed by atoms with E-state index in [2.05, 4.69) is 28.2 Å². The zero-order valence-corrected chi connectivity index (χ0v) is 33.5. The van der Waals surface area contributed by atoms with E-state index in [1.54, 1.807) is 0 Å². The number of rotatable bonds is 20. The van der Waals surface area contributed by atoms with Gasteiger partial charge in [-0.3, -0.25) is 47.9 Å². The van der Waals surface area contributed by atoms with Gasteiger partial charge in [-0.25, -0.2) is 0 Å². The fourth-order valence-electron chi connectivity index (χ4n) is 3.08. The van der Waals surface area contributed by atoms with Gasteiger partial charge in [0.15, 0.2) is 0 Å². The van der Waals surface area contributed by atoms with Crippen LogP contribution in [0.3, 0.4) is 0 Å². The Kier molecular flexibility index (Phi) is 33.4. The summed E-state index contributed by atoms with van der Waals surface area (Å²) in [6.45, 7) is 7.58. The molecule has 0 fully saturated rings. The number of nitrogens with two attached hydrogens (primary N) is 1. The van der Waals surface area contributed by atoms with Crippen LogP contribution in [0.25, 0.3) is 0 Å². The average Bonchev–Trinajstić information content (AvgIpc) is 3.13. The van der Waals surface area contributed by atoms with Crippen molar-refractivity contribution in [3.63, 3.8) is 0 Å². The topological polar surface area (TPSA) is 264 Å². The number of nitrogens with zero attached hydrogens (tertiary/aromatic N) is 6. The van der Waals surface area contributed by atoms with Gasteiger partial charge in [0.1, 0.15) is 0 Å². The third kappa shape index (κ3) is 29.0. The molecule has 0 aromatic carbocycles. The Hall–Kier alpha value is -5.34. The number of carbonyl (C=O) groups excluding carboxylic acids is 10. The molecule has 0 atom stereocenters. The molecule has 0 saturated carbocycles. The van der Waals surface area contributed by atoms with E-state index in [0.29, 0.717) is 6.41 Å². The summed E-state index contributed by atoms with van der Waals surface area (Å²) in [5.41, 5.74) is 4.93. The van der Waals surface area contributed by atoms with Crippen molar-refractivity contribution in [2.45, 2.75) is 34.6 Å². The summed E-state index contributed by atoms with van der Waals surface area (Å²) >= 11 is 0. The third-order valence-corrected chi connectivity index (χ3v) is 6.27. The van der Waals surface area contributed by atoms with Crippen LogP contribution >= 0.6 is 0 Å². The van der Waals surface area contributed by atoms with E-state index >= 15 is 0 Å². The van der Waals surface area contributed by atoms with Crippen LogP contribution in [0.15, 0.2) is 0 Å². The van der Waals surface area contributed by atoms with Gasteiger partial charge in [-0.1, -0.05) is 34.6 Å². The number of hydrogen-bond donors (Lipinski definition) is 5. The Balaban J connectivity index is -0.00000137. The number of hydrogen-bond acceptors (Lipinski definition) is 11. The summed E-state index contributed by atoms with van der Waals surface area (Å²) in [6, 6.07) is 0. The molecule has 0 radical (unpaired) electrons. The summed E-state index contributed by atoms with van der Waals surface area (Å²) in [7, 11) is 9.94. The average molecular weight is 762 g/mol. The van der Waals surface area contributed by atoms with Gasteiger partial charge in [-0.05, 0) is 13.6 Å². The molecule has 0 unspecified atom stereocenters. The van der Waals surface area contributed by atoms with E-state index in [4.69, 9.17) is 5.73 Å². The van der Waals surface area contributed by atoms with Gasteiger partial charge in [-0.15, -0.1) is 0 Å². The first-order valence-electron chi connectivity index (χ1n) is 16.9. The molecule has 0 aliphatic carbocycles. The van der Waals surface area contributed by atoms with Crippen LogP contribution < -0.4 is 27.0 Å². The van der Waals surface area contributed by atoms with Gasteiger partial charge < -0.3 is 56.4 Å². The monoisotopic (exact) mass is 761 g/mol. The van der Waals surface area contributed by atoms with Gasteiger partial charge in [0, 0.05) is 42.3 Å². The molecule has 6 N–H and O–H groups in total. The van der Waals surface area contributed by atoms with E-state index in [0.717, 1.165) is 35.9 Å². The molecule has 0 bridgehead atoms. The lowest BCUT2D eigenvalue weighted by Crippen LogP contribution is -2.48. The molecule has 21 nitrogen and oxygen atoms in total. The predicted octanol–water partition coefficient (Wildman–Crippen LogP) is -4.52. The molecular weight excluding hydrogens is 698 g/mol. The van der Waals surface area contributed by atoms with Crippen LogP contribution in [0.2, 0.25) is 0 Å². The van der Waals surface area contributed by atoms with Crippen molar-refractivity contribution in [2.75, 3.05) is 115 Å². The highest BCUT2D eigenvalue weighted by Crippen LogP contribution is 1.94. The largest absolute Gasteiger partial charge is 0.368 e. The molecule has 0 heterocycles. The van der Waals surface area contributed by atoms with E-state index in [9.17, 15) is 47.9 Å². The summed E-state index contributed by atoms with van der Waals surface area (Å²) in [6.07, 6.45) is 0.462. The number of amides is 10. The molecule has 0 spiro atoms. The quantitative estimate of drug-likeness (QED) is 0.0738. The molecule has 21 heteroatoms. The third-order valence-electron chi connectivity index (χ3n) is 6.27. The minimum Gasteiger partial charge on any atom is -0.368 e. The minimum atomic E-state index is -0.750. The van der Waals surface area contributed by atoms with E-state index in [1.807, 2.05) is 34.7 Å². The van der Waals surface area contributed by atoms with Gasteiger partial charge in [0.2, 0.25) is 59.6 Å². The van der Waals surface area contributed by atoms with Crippen LogP contribution in [-0.4, -0.2) is 204 Å². The molecule has 53 heavy (non-hydrogen) atoms.